The summed E-state index contributed by atoms with van der Waals surface area (Å²) in [6, 6.07) is 7.73. The van der Waals surface area contributed by atoms with Crippen molar-refractivity contribution in [2.75, 3.05) is 20.2 Å². The van der Waals surface area contributed by atoms with Gasteiger partial charge in [0.05, 0.1) is 17.6 Å². The van der Waals surface area contributed by atoms with E-state index in [9.17, 15) is 0 Å². The van der Waals surface area contributed by atoms with E-state index in [1.165, 1.54) is 0 Å². The van der Waals surface area contributed by atoms with Gasteiger partial charge in [0.1, 0.15) is 12.4 Å². The first-order valence-corrected chi connectivity index (χ1v) is 5.62. The van der Waals surface area contributed by atoms with Crippen molar-refractivity contribution in [3.05, 3.63) is 41.4 Å². The number of rotatable bonds is 6. The van der Waals surface area contributed by atoms with Gasteiger partial charge >= 0.3 is 0 Å². The topological polar surface area (TPSA) is 36.3 Å². The van der Waals surface area contributed by atoms with E-state index < -0.39 is 0 Å². The first kappa shape index (κ1) is 13.6. The monoisotopic (exact) mass is 250 g/mol. The maximum absolute atomic E-state index is 8.56. The number of benzene rings is 1. The van der Waals surface area contributed by atoms with Crippen LogP contribution in [0, 0.1) is 11.3 Å². The molecule has 0 radical (unpaired) electrons. The Morgan fingerprint density at radius 1 is 1.59 bits per heavy atom. The minimum absolute atomic E-state index is 0.395. The van der Waals surface area contributed by atoms with Gasteiger partial charge in [-0.15, -0.1) is 0 Å². The molecule has 0 atom stereocenters. The van der Waals surface area contributed by atoms with Crippen molar-refractivity contribution in [1.82, 2.24) is 4.90 Å². The van der Waals surface area contributed by atoms with Crippen LogP contribution < -0.4 is 4.74 Å². The van der Waals surface area contributed by atoms with Crippen LogP contribution in [0.3, 0.4) is 0 Å². The largest absolute Gasteiger partial charge is 0.488 e. The molecule has 0 N–H and O–H groups in total. The maximum atomic E-state index is 8.56. The molecule has 0 bridgehead atoms. The predicted molar refractivity (Wildman–Crippen MR) is 69.1 cm³/mol. The van der Waals surface area contributed by atoms with E-state index in [1.807, 2.05) is 30.1 Å². The third-order valence-electron chi connectivity index (χ3n) is 2.15. The van der Waals surface area contributed by atoms with Crippen LogP contribution in [0.1, 0.15) is 5.56 Å². The molecule has 1 aromatic carbocycles. The molecule has 0 saturated carbocycles. The Morgan fingerprint density at radius 2 is 2.35 bits per heavy atom. The molecule has 0 spiro atoms. The van der Waals surface area contributed by atoms with Crippen molar-refractivity contribution < 1.29 is 4.74 Å². The Balaban J connectivity index is 2.68. The zero-order valence-corrected chi connectivity index (χ0v) is 10.6. The normalized spacial score (nSPS) is 10.0. The lowest BCUT2D eigenvalue weighted by Crippen LogP contribution is -2.17. The fourth-order valence-electron chi connectivity index (χ4n) is 1.40. The lowest BCUT2D eigenvalue weighted by atomic mass is 10.2. The van der Waals surface area contributed by atoms with E-state index in [-0.39, 0.29) is 0 Å². The first-order valence-electron chi connectivity index (χ1n) is 5.25. The third-order valence-corrected chi connectivity index (χ3v) is 2.44. The Labute approximate surface area is 107 Å². The highest BCUT2D eigenvalue weighted by Gasteiger charge is 2.04. The summed E-state index contributed by atoms with van der Waals surface area (Å²) in [5.74, 6) is 0.651. The minimum atomic E-state index is 0.395. The van der Waals surface area contributed by atoms with Crippen LogP contribution in [-0.2, 0) is 6.54 Å². The minimum Gasteiger partial charge on any atom is -0.488 e. The van der Waals surface area contributed by atoms with Gasteiger partial charge in [0.15, 0.2) is 0 Å². The van der Waals surface area contributed by atoms with E-state index in [4.69, 9.17) is 21.6 Å². The van der Waals surface area contributed by atoms with Gasteiger partial charge in [0.25, 0.3) is 0 Å². The van der Waals surface area contributed by atoms with Gasteiger partial charge in [-0.1, -0.05) is 30.3 Å². The summed E-state index contributed by atoms with van der Waals surface area (Å²) in [6.07, 6.45) is 1.67. The van der Waals surface area contributed by atoms with Crippen molar-refractivity contribution in [2.45, 2.75) is 6.54 Å². The molecule has 0 heterocycles. The van der Waals surface area contributed by atoms with Crippen molar-refractivity contribution in [3.63, 3.8) is 0 Å². The van der Waals surface area contributed by atoms with Crippen molar-refractivity contribution >= 4 is 11.6 Å². The van der Waals surface area contributed by atoms with Gasteiger partial charge in [-0.3, -0.25) is 4.90 Å². The Morgan fingerprint density at radius 3 is 2.94 bits per heavy atom. The second-order valence-electron chi connectivity index (χ2n) is 3.69. The zero-order valence-electron chi connectivity index (χ0n) is 9.82. The molecular formula is C13H15ClN2O. The first-order chi connectivity index (χ1) is 8.17. The molecule has 0 aliphatic carbocycles. The van der Waals surface area contributed by atoms with E-state index in [0.717, 1.165) is 5.56 Å². The summed E-state index contributed by atoms with van der Waals surface area (Å²) in [7, 11) is 1.89. The van der Waals surface area contributed by atoms with Crippen LogP contribution in [0.4, 0.5) is 0 Å². The van der Waals surface area contributed by atoms with Crippen LogP contribution in [0.5, 0.6) is 5.75 Å². The number of halogens is 1. The van der Waals surface area contributed by atoms with E-state index in [2.05, 4.69) is 12.6 Å². The van der Waals surface area contributed by atoms with Gasteiger partial charge in [-0.25, -0.2) is 0 Å². The molecule has 4 heteroatoms. The highest BCUT2D eigenvalue weighted by Crippen LogP contribution is 2.25. The summed E-state index contributed by atoms with van der Waals surface area (Å²) in [6.45, 7) is 5.10. The summed E-state index contributed by atoms with van der Waals surface area (Å²) in [5, 5.41) is 9.14. The summed E-state index contributed by atoms with van der Waals surface area (Å²) in [4.78, 5) is 1.91. The molecule has 1 aromatic rings. The van der Waals surface area contributed by atoms with Crippen LogP contribution in [0.25, 0.3) is 0 Å². The smallest absolute Gasteiger partial charge is 0.138 e. The second-order valence-corrected chi connectivity index (χ2v) is 4.10. The quantitative estimate of drug-likeness (QED) is 0.575. The highest BCUT2D eigenvalue weighted by atomic mass is 35.5. The SMILES string of the molecule is C=CCOc1ccc(CN(C)CC#N)cc1Cl. The molecule has 0 unspecified atom stereocenters. The summed E-state index contributed by atoms with van der Waals surface area (Å²) >= 11 is 6.08. The van der Waals surface area contributed by atoms with Gasteiger partial charge in [-0.05, 0) is 24.7 Å². The van der Waals surface area contributed by atoms with Crippen molar-refractivity contribution in [3.8, 4) is 11.8 Å². The van der Waals surface area contributed by atoms with Crippen molar-refractivity contribution in [2.24, 2.45) is 0 Å². The Bertz CT molecular complexity index is 426. The molecule has 0 aliphatic rings. The summed E-state index contributed by atoms with van der Waals surface area (Å²) < 4.78 is 5.38. The van der Waals surface area contributed by atoms with Crippen LogP contribution in [0.2, 0.25) is 5.02 Å². The zero-order chi connectivity index (χ0) is 12.7. The van der Waals surface area contributed by atoms with E-state index >= 15 is 0 Å². The maximum Gasteiger partial charge on any atom is 0.138 e. The molecule has 0 saturated heterocycles. The molecule has 3 nitrogen and oxygen atoms in total. The number of hydrogen-bond donors (Lipinski definition) is 0. The number of nitrogens with zero attached hydrogens (tertiary/aromatic N) is 2. The third kappa shape index (κ3) is 4.48. The molecule has 0 amide bonds. The molecule has 0 fully saturated rings. The van der Waals surface area contributed by atoms with Gasteiger partial charge in [0.2, 0.25) is 0 Å². The fourth-order valence-corrected chi connectivity index (χ4v) is 1.65. The predicted octanol–water partition coefficient (Wildman–Crippen LogP) is 2.86. The molecule has 17 heavy (non-hydrogen) atoms. The number of hydrogen-bond acceptors (Lipinski definition) is 3. The Kier molecular flexibility index (Phi) is 5.55. The lowest BCUT2D eigenvalue weighted by molar-refractivity contribution is 0.359. The standard InChI is InChI=1S/C13H15ClN2O/c1-3-8-17-13-5-4-11(9-12(13)14)10-16(2)7-6-15/h3-5,9H,1,7-8,10H2,2H3. The van der Waals surface area contributed by atoms with Crippen LogP contribution in [0.15, 0.2) is 30.9 Å². The van der Waals surface area contributed by atoms with E-state index in [1.54, 1.807) is 6.08 Å². The van der Waals surface area contributed by atoms with Gasteiger partial charge in [0, 0.05) is 6.54 Å². The van der Waals surface area contributed by atoms with Crippen LogP contribution >= 0.6 is 11.6 Å². The lowest BCUT2D eigenvalue weighted by Gasteiger charge is -2.13. The highest BCUT2D eigenvalue weighted by molar-refractivity contribution is 6.32. The summed E-state index contributed by atoms with van der Waals surface area (Å²) in [5.41, 5.74) is 1.05. The number of ether oxygens (including phenoxy) is 1. The molecule has 0 aliphatic heterocycles. The van der Waals surface area contributed by atoms with Gasteiger partial charge < -0.3 is 4.74 Å². The number of nitriles is 1. The molecule has 1 rings (SSSR count). The van der Waals surface area contributed by atoms with Gasteiger partial charge in [-0.2, -0.15) is 5.26 Å². The van der Waals surface area contributed by atoms with E-state index in [0.29, 0.717) is 30.5 Å². The van der Waals surface area contributed by atoms with Crippen LogP contribution in [-0.4, -0.2) is 25.1 Å². The average Bonchev–Trinajstić information content (AvgIpc) is 2.28. The second kappa shape index (κ2) is 6.95. The van der Waals surface area contributed by atoms with Crippen molar-refractivity contribution in [1.29, 1.82) is 5.26 Å². The average molecular weight is 251 g/mol. The molecule has 90 valence electrons. The molecule has 0 aromatic heterocycles. The fraction of sp³-hybridized carbons (Fsp3) is 0.308. The Hall–Kier alpha value is -1.50. The molecular weight excluding hydrogens is 236 g/mol.